The minimum absolute atomic E-state index is 0.130. The lowest BCUT2D eigenvalue weighted by Gasteiger charge is -2.24. The maximum atomic E-state index is 12.7. The zero-order valence-corrected chi connectivity index (χ0v) is 14.5. The quantitative estimate of drug-likeness (QED) is 0.781. The van der Waals surface area contributed by atoms with Crippen molar-refractivity contribution in [3.63, 3.8) is 0 Å². The van der Waals surface area contributed by atoms with Crippen molar-refractivity contribution in [1.82, 2.24) is 5.32 Å². The highest BCUT2D eigenvalue weighted by Gasteiger charge is 2.42. The highest BCUT2D eigenvalue weighted by molar-refractivity contribution is 7.93. The highest BCUT2D eigenvalue weighted by atomic mass is 32.2. The maximum absolute atomic E-state index is 12.7. The van der Waals surface area contributed by atoms with Gasteiger partial charge >= 0.3 is 0 Å². The summed E-state index contributed by atoms with van der Waals surface area (Å²) in [7, 11) is -3.78. The van der Waals surface area contributed by atoms with E-state index in [1.54, 1.807) is 18.2 Å². The first-order valence-electron chi connectivity index (χ1n) is 7.61. The predicted octanol–water partition coefficient (Wildman–Crippen LogP) is 2.43. The summed E-state index contributed by atoms with van der Waals surface area (Å²) in [6, 6.07) is 17.2. The molecule has 0 saturated carbocycles. The third-order valence-electron chi connectivity index (χ3n) is 3.67. The van der Waals surface area contributed by atoms with Gasteiger partial charge in [-0.25, -0.2) is 8.42 Å². The van der Waals surface area contributed by atoms with Crippen molar-refractivity contribution in [2.75, 3.05) is 13.2 Å². The smallest absolute Gasteiger partial charge is 0.241 e. The first-order chi connectivity index (χ1) is 11.4. The van der Waals surface area contributed by atoms with Crippen LogP contribution < -0.4 is 10.1 Å². The van der Waals surface area contributed by atoms with Gasteiger partial charge < -0.3 is 10.1 Å². The van der Waals surface area contributed by atoms with Crippen molar-refractivity contribution in [1.29, 1.82) is 0 Å². The Balaban J connectivity index is 1.95. The third kappa shape index (κ3) is 3.94. The van der Waals surface area contributed by atoms with E-state index in [-0.39, 0.29) is 18.0 Å². The van der Waals surface area contributed by atoms with Gasteiger partial charge in [-0.15, -0.1) is 0 Å². The first-order valence-corrected chi connectivity index (χ1v) is 9.10. The summed E-state index contributed by atoms with van der Waals surface area (Å²) >= 11 is 0. The summed E-state index contributed by atoms with van der Waals surface area (Å²) in [5.41, 5.74) is 0. The Morgan fingerprint density at radius 3 is 2.12 bits per heavy atom. The van der Waals surface area contributed by atoms with Crippen LogP contribution in [0.4, 0.5) is 0 Å². The average Bonchev–Trinajstić information content (AvgIpc) is 2.60. The van der Waals surface area contributed by atoms with Crippen LogP contribution >= 0.6 is 0 Å². The van der Waals surface area contributed by atoms with E-state index in [4.69, 9.17) is 4.74 Å². The molecule has 6 heteroatoms. The van der Waals surface area contributed by atoms with Gasteiger partial charge in [-0.1, -0.05) is 36.4 Å². The van der Waals surface area contributed by atoms with Crippen molar-refractivity contribution in [2.24, 2.45) is 0 Å². The van der Waals surface area contributed by atoms with Gasteiger partial charge in [0.05, 0.1) is 11.4 Å². The van der Waals surface area contributed by atoms with Gasteiger partial charge in [0.1, 0.15) is 17.1 Å². The normalized spacial score (nSPS) is 11.8. The predicted molar refractivity (Wildman–Crippen MR) is 92.7 cm³/mol. The molecule has 0 atom stereocenters. The van der Waals surface area contributed by atoms with Crippen LogP contribution in [0, 0.1) is 0 Å². The fourth-order valence-electron chi connectivity index (χ4n) is 2.08. The number of carbonyl (C=O) groups is 1. The molecular formula is C18H21NO4S. The Labute approximate surface area is 142 Å². The van der Waals surface area contributed by atoms with E-state index in [0.717, 1.165) is 0 Å². The minimum atomic E-state index is -3.78. The van der Waals surface area contributed by atoms with Crippen molar-refractivity contribution in [3.8, 4) is 5.75 Å². The summed E-state index contributed by atoms with van der Waals surface area (Å²) in [6.45, 7) is 3.30. The number of nitrogens with one attached hydrogen (secondary N) is 1. The number of para-hydroxylation sites is 1. The van der Waals surface area contributed by atoms with Gasteiger partial charge in [-0.2, -0.15) is 0 Å². The van der Waals surface area contributed by atoms with Crippen LogP contribution in [0.25, 0.3) is 0 Å². The molecule has 0 aliphatic heterocycles. The van der Waals surface area contributed by atoms with Crippen LogP contribution in [0.15, 0.2) is 65.6 Å². The molecule has 0 radical (unpaired) electrons. The summed E-state index contributed by atoms with van der Waals surface area (Å²) in [5.74, 6) is 0.144. The molecule has 0 fully saturated rings. The number of amides is 1. The van der Waals surface area contributed by atoms with Gasteiger partial charge in [-0.3, -0.25) is 4.79 Å². The van der Waals surface area contributed by atoms with E-state index in [1.165, 1.54) is 26.0 Å². The summed E-state index contributed by atoms with van der Waals surface area (Å²) in [4.78, 5) is 12.5. The van der Waals surface area contributed by atoms with Crippen LogP contribution in [-0.4, -0.2) is 32.2 Å². The molecule has 24 heavy (non-hydrogen) atoms. The SMILES string of the molecule is CC(C)(C(=O)NCCOc1ccccc1)S(=O)(=O)c1ccccc1. The molecule has 2 aromatic rings. The molecule has 1 amide bonds. The molecule has 0 unspecified atom stereocenters. The molecule has 0 aromatic heterocycles. The van der Waals surface area contributed by atoms with Crippen molar-refractivity contribution in [2.45, 2.75) is 23.5 Å². The van der Waals surface area contributed by atoms with E-state index in [2.05, 4.69) is 5.32 Å². The molecule has 1 N–H and O–H groups in total. The fourth-order valence-corrected chi connectivity index (χ4v) is 3.50. The molecule has 0 bridgehead atoms. The Morgan fingerprint density at radius 1 is 1.00 bits per heavy atom. The summed E-state index contributed by atoms with van der Waals surface area (Å²) < 4.78 is 29.2. The first kappa shape index (κ1) is 18.0. The van der Waals surface area contributed by atoms with Gasteiger partial charge in [0.15, 0.2) is 9.84 Å². The Morgan fingerprint density at radius 2 is 1.54 bits per heavy atom. The van der Waals surface area contributed by atoms with Crippen molar-refractivity contribution >= 4 is 15.7 Å². The third-order valence-corrected chi connectivity index (χ3v) is 6.09. The van der Waals surface area contributed by atoms with Gasteiger partial charge in [0.25, 0.3) is 0 Å². The molecule has 2 aromatic carbocycles. The van der Waals surface area contributed by atoms with E-state index in [0.29, 0.717) is 5.75 Å². The number of benzene rings is 2. The zero-order chi connectivity index (χ0) is 17.6. The Bertz CT molecular complexity index is 771. The average molecular weight is 347 g/mol. The van der Waals surface area contributed by atoms with Crippen molar-refractivity contribution < 1.29 is 17.9 Å². The van der Waals surface area contributed by atoms with E-state index < -0.39 is 20.5 Å². The van der Waals surface area contributed by atoms with Crippen molar-refractivity contribution in [3.05, 3.63) is 60.7 Å². The molecule has 0 aliphatic rings. The number of carbonyl (C=O) groups excluding carboxylic acids is 1. The number of ether oxygens (including phenoxy) is 1. The van der Waals surface area contributed by atoms with Crippen LogP contribution in [0.2, 0.25) is 0 Å². The lowest BCUT2D eigenvalue weighted by atomic mass is 10.2. The van der Waals surface area contributed by atoms with Crippen LogP contribution in [-0.2, 0) is 14.6 Å². The highest BCUT2D eigenvalue weighted by Crippen LogP contribution is 2.25. The topological polar surface area (TPSA) is 72.5 Å². The number of hydrogen-bond acceptors (Lipinski definition) is 4. The second-order valence-corrected chi connectivity index (χ2v) is 8.24. The van der Waals surface area contributed by atoms with Gasteiger partial charge in [0.2, 0.25) is 5.91 Å². The Kier molecular flexibility index (Phi) is 5.62. The Hall–Kier alpha value is -2.34. The molecule has 0 aliphatic carbocycles. The maximum Gasteiger partial charge on any atom is 0.241 e. The lowest BCUT2D eigenvalue weighted by molar-refractivity contribution is -0.122. The second kappa shape index (κ2) is 7.49. The van der Waals surface area contributed by atoms with Gasteiger partial charge in [0, 0.05) is 0 Å². The molecule has 5 nitrogen and oxygen atoms in total. The molecule has 2 rings (SSSR count). The lowest BCUT2D eigenvalue weighted by Crippen LogP contribution is -2.48. The molecule has 0 heterocycles. The minimum Gasteiger partial charge on any atom is -0.492 e. The van der Waals surface area contributed by atoms with Gasteiger partial charge in [-0.05, 0) is 38.1 Å². The second-order valence-electron chi connectivity index (χ2n) is 5.74. The molecule has 128 valence electrons. The number of sulfone groups is 1. The number of hydrogen-bond donors (Lipinski definition) is 1. The molecule has 0 saturated heterocycles. The van der Waals surface area contributed by atoms with E-state index in [9.17, 15) is 13.2 Å². The monoisotopic (exact) mass is 347 g/mol. The standard InChI is InChI=1S/C18H21NO4S/c1-18(2,24(21,22)16-11-7-4-8-12-16)17(20)19-13-14-23-15-9-5-3-6-10-15/h3-12H,13-14H2,1-2H3,(H,19,20). The molecular weight excluding hydrogens is 326 g/mol. The van der Waals surface area contributed by atoms with E-state index in [1.807, 2.05) is 30.3 Å². The fraction of sp³-hybridized carbons (Fsp3) is 0.278. The van der Waals surface area contributed by atoms with E-state index >= 15 is 0 Å². The van der Waals surface area contributed by atoms with Crippen LogP contribution in [0.1, 0.15) is 13.8 Å². The van der Waals surface area contributed by atoms with Crippen LogP contribution in [0.5, 0.6) is 5.75 Å². The van der Waals surface area contributed by atoms with Crippen LogP contribution in [0.3, 0.4) is 0 Å². The summed E-state index contributed by atoms with van der Waals surface area (Å²) in [6.07, 6.45) is 0. The molecule has 0 spiro atoms. The zero-order valence-electron chi connectivity index (χ0n) is 13.7. The largest absolute Gasteiger partial charge is 0.492 e. The summed E-state index contributed by atoms with van der Waals surface area (Å²) in [5, 5.41) is 2.63. The number of rotatable bonds is 7.